The molecule has 1 heterocycles. The molecule has 0 saturated heterocycles. The van der Waals surface area contributed by atoms with Crippen LogP contribution in [0, 0.1) is 0 Å². The van der Waals surface area contributed by atoms with E-state index in [1.807, 2.05) is 12.1 Å². The van der Waals surface area contributed by atoms with Gasteiger partial charge in [0.25, 0.3) is 0 Å². The zero-order valence-electron chi connectivity index (χ0n) is 11.6. The summed E-state index contributed by atoms with van der Waals surface area (Å²) in [5.41, 5.74) is 3.88. The number of anilines is 2. The van der Waals surface area contributed by atoms with Gasteiger partial charge < -0.3 is 15.4 Å². The number of hydrogen-bond acceptors (Lipinski definition) is 3. The fourth-order valence-electron chi connectivity index (χ4n) is 2.16. The van der Waals surface area contributed by atoms with Crippen molar-refractivity contribution in [1.82, 2.24) is 9.97 Å². The smallest absolute Gasteiger partial charge is 0.335 e. The van der Waals surface area contributed by atoms with Crippen molar-refractivity contribution in [2.24, 2.45) is 0 Å². The molecule has 2 aromatic carbocycles. The molecule has 0 spiro atoms. The molecule has 5 nitrogen and oxygen atoms in total. The minimum absolute atomic E-state index is 0.241. The standard InChI is InChI=1S/C16H15N3O2/c1-2-10-3-6-12(7-4-10)17-16-18-13-8-5-11(15(20)21)9-14(13)19-16/h3-9H,2H2,1H3,(H,20,21)(H2,17,18,19). The van der Waals surface area contributed by atoms with Gasteiger partial charge in [-0.05, 0) is 42.3 Å². The number of carboxylic acids is 1. The third kappa shape index (κ3) is 2.72. The molecule has 0 fully saturated rings. The maximum atomic E-state index is 11.0. The van der Waals surface area contributed by atoms with Crippen LogP contribution < -0.4 is 5.32 Å². The van der Waals surface area contributed by atoms with Crippen molar-refractivity contribution >= 4 is 28.6 Å². The lowest BCUT2D eigenvalue weighted by molar-refractivity contribution is 0.0697. The van der Waals surface area contributed by atoms with Gasteiger partial charge in [-0.25, -0.2) is 9.78 Å². The molecule has 0 aliphatic heterocycles. The molecular formula is C16H15N3O2. The maximum absolute atomic E-state index is 11.0. The Morgan fingerprint density at radius 3 is 2.67 bits per heavy atom. The van der Waals surface area contributed by atoms with Gasteiger partial charge in [0.05, 0.1) is 16.6 Å². The van der Waals surface area contributed by atoms with Gasteiger partial charge in [-0.1, -0.05) is 19.1 Å². The van der Waals surface area contributed by atoms with E-state index in [4.69, 9.17) is 5.11 Å². The Morgan fingerprint density at radius 2 is 2.00 bits per heavy atom. The molecule has 3 N–H and O–H groups in total. The summed E-state index contributed by atoms with van der Waals surface area (Å²) in [5, 5.41) is 12.2. The number of aromatic nitrogens is 2. The van der Waals surface area contributed by atoms with Gasteiger partial charge in [0.1, 0.15) is 0 Å². The zero-order valence-corrected chi connectivity index (χ0v) is 11.6. The first-order valence-corrected chi connectivity index (χ1v) is 6.75. The van der Waals surface area contributed by atoms with Gasteiger partial charge >= 0.3 is 5.97 Å². The SMILES string of the molecule is CCc1ccc(Nc2nc3ccc(C(=O)O)cc3[nH]2)cc1. The van der Waals surface area contributed by atoms with Crippen LogP contribution in [0.1, 0.15) is 22.8 Å². The normalized spacial score (nSPS) is 10.7. The average molecular weight is 281 g/mol. The van der Waals surface area contributed by atoms with E-state index in [1.165, 1.54) is 5.56 Å². The summed E-state index contributed by atoms with van der Waals surface area (Å²) in [5.74, 6) is -0.354. The van der Waals surface area contributed by atoms with E-state index in [2.05, 4.69) is 34.3 Å². The van der Waals surface area contributed by atoms with E-state index >= 15 is 0 Å². The van der Waals surface area contributed by atoms with Crippen LogP contribution in [0.15, 0.2) is 42.5 Å². The molecule has 0 aliphatic rings. The van der Waals surface area contributed by atoms with Crippen LogP contribution in [0.25, 0.3) is 11.0 Å². The number of nitrogens with zero attached hydrogens (tertiary/aromatic N) is 1. The number of carboxylic acid groups (broad SMARTS) is 1. The number of H-pyrrole nitrogens is 1. The highest BCUT2D eigenvalue weighted by Crippen LogP contribution is 2.20. The Bertz CT molecular complexity index is 791. The third-order valence-electron chi connectivity index (χ3n) is 3.35. The van der Waals surface area contributed by atoms with Crippen molar-refractivity contribution in [1.29, 1.82) is 0 Å². The number of fused-ring (bicyclic) bond motifs is 1. The number of aromatic carboxylic acids is 1. The van der Waals surface area contributed by atoms with Crippen molar-refractivity contribution in [2.75, 3.05) is 5.32 Å². The molecule has 0 bridgehead atoms. The molecule has 5 heteroatoms. The lowest BCUT2D eigenvalue weighted by atomic mass is 10.1. The van der Waals surface area contributed by atoms with E-state index < -0.39 is 5.97 Å². The van der Waals surface area contributed by atoms with Crippen LogP contribution in [0.4, 0.5) is 11.6 Å². The Hall–Kier alpha value is -2.82. The molecular weight excluding hydrogens is 266 g/mol. The Balaban J connectivity index is 1.88. The average Bonchev–Trinajstić information content (AvgIpc) is 2.89. The fraction of sp³-hybridized carbons (Fsp3) is 0.125. The molecule has 0 aliphatic carbocycles. The van der Waals surface area contributed by atoms with Crippen LogP contribution in [0.2, 0.25) is 0 Å². The molecule has 106 valence electrons. The highest BCUT2D eigenvalue weighted by atomic mass is 16.4. The predicted molar refractivity (Wildman–Crippen MR) is 82.2 cm³/mol. The second-order valence-corrected chi connectivity index (χ2v) is 4.80. The molecule has 0 radical (unpaired) electrons. The van der Waals surface area contributed by atoms with Crippen LogP contribution in [-0.2, 0) is 6.42 Å². The Labute approximate surface area is 121 Å². The number of aryl methyl sites for hydroxylation is 1. The highest BCUT2D eigenvalue weighted by molar-refractivity contribution is 5.92. The molecule has 0 unspecified atom stereocenters. The van der Waals surface area contributed by atoms with Gasteiger partial charge in [0.2, 0.25) is 5.95 Å². The minimum Gasteiger partial charge on any atom is -0.478 e. The second kappa shape index (κ2) is 5.28. The largest absolute Gasteiger partial charge is 0.478 e. The van der Waals surface area contributed by atoms with Crippen molar-refractivity contribution < 1.29 is 9.90 Å². The number of carbonyl (C=O) groups is 1. The lowest BCUT2D eigenvalue weighted by Gasteiger charge is -2.03. The fourth-order valence-corrected chi connectivity index (χ4v) is 2.16. The van der Waals surface area contributed by atoms with E-state index in [0.717, 1.165) is 17.6 Å². The van der Waals surface area contributed by atoms with Gasteiger partial charge in [-0.15, -0.1) is 0 Å². The molecule has 3 aromatic rings. The van der Waals surface area contributed by atoms with Crippen molar-refractivity contribution in [3.05, 3.63) is 53.6 Å². The number of aromatic amines is 1. The van der Waals surface area contributed by atoms with Crippen LogP contribution >= 0.6 is 0 Å². The van der Waals surface area contributed by atoms with E-state index in [0.29, 0.717) is 11.5 Å². The van der Waals surface area contributed by atoms with Crippen molar-refractivity contribution in [3.63, 3.8) is 0 Å². The van der Waals surface area contributed by atoms with Gasteiger partial charge in [0, 0.05) is 5.69 Å². The predicted octanol–water partition coefficient (Wildman–Crippen LogP) is 3.57. The van der Waals surface area contributed by atoms with Crippen molar-refractivity contribution in [2.45, 2.75) is 13.3 Å². The third-order valence-corrected chi connectivity index (χ3v) is 3.35. The summed E-state index contributed by atoms with van der Waals surface area (Å²) in [6.07, 6.45) is 1.00. The topological polar surface area (TPSA) is 78.0 Å². The Morgan fingerprint density at radius 1 is 1.24 bits per heavy atom. The first-order valence-electron chi connectivity index (χ1n) is 6.75. The second-order valence-electron chi connectivity index (χ2n) is 4.80. The Kier molecular flexibility index (Phi) is 3.31. The van der Waals surface area contributed by atoms with Crippen LogP contribution in [-0.4, -0.2) is 21.0 Å². The number of nitrogens with one attached hydrogen (secondary N) is 2. The minimum atomic E-state index is -0.948. The summed E-state index contributed by atoms with van der Waals surface area (Å²) >= 11 is 0. The van der Waals surface area contributed by atoms with E-state index in [1.54, 1.807) is 18.2 Å². The molecule has 1 aromatic heterocycles. The summed E-state index contributed by atoms with van der Waals surface area (Å²) < 4.78 is 0. The quantitative estimate of drug-likeness (QED) is 0.683. The molecule has 21 heavy (non-hydrogen) atoms. The molecule has 0 amide bonds. The summed E-state index contributed by atoms with van der Waals surface area (Å²) in [7, 11) is 0. The van der Waals surface area contributed by atoms with Gasteiger partial charge in [0.15, 0.2) is 0 Å². The summed E-state index contributed by atoms with van der Waals surface area (Å²) in [6, 6.07) is 12.9. The van der Waals surface area contributed by atoms with Crippen molar-refractivity contribution in [3.8, 4) is 0 Å². The van der Waals surface area contributed by atoms with Gasteiger partial charge in [-0.3, -0.25) is 0 Å². The van der Waals surface area contributed by atoms with Crippen LogP contribution in [0.5, 0.6) is 0 Å². The first-order chi connectivity index (χ1) is 10.2. The highest BCUT2D eigenvalue weighted by Gasteiger charge is 2.07. The monoisotopic (exact) mass is 281 g/mol. The van der Waals surface area contributed by atoms with Crippen LogP contribution in [0.3, 0.4) is 0 Å². The summed E-state index contributed by atoms with van der Waals surface area (Å²) in [6.45, 7) is 2.11. The summed E-state index contributed by atoms with van der Waals surface area (Å²) in [4.78, 5) is 18.4. The molecule has 3 rings (SSSR count). The lowest BCUT2D eigenvalue weighted by Crippen LogP contribution is -1.94. The number of imidazole rings is 1. The van der Waals surface area contributed by atoms with Gasteiger partial charge in [-0.2, -0.15) is 0 Å². The maximum Gasteiger partial charge on any atom is 0.335 e. The molecule has 0 atom stereocenters. The van der Waals surface area contributed by atoms with E-state index in [-0.39, 0.29) is 5.56 Å². The molecule has 0 saturated carbocycles. The zero-order chi connectivity index (χ0) is 14.8. The number of benzene rings is 2. The number of hydrogen-bond donors (Lipinski definition) is 3. The first kappa shape index (κ1) is 13.2. The number of rotatable bonds is 4. The van der Waals surface area contributed by atoms with E-state index in [9.17, 15) is 4.79 Å².